The number of halogens is 3. The molecule has 4 heterocycles. The van der Waals surface area contributed by atoms with Gasteiger partial charge in [0.15, 0.2) is 23.1 Å². The fraction of sp³-hybridized carbons (Fsp3) is 0.226. The molecule has 3 aromatic carbocycles. The van der Waals surface area contributed by atoms with Crippen molar-refractivity contribution >= 4 is 33.6 Å². The highest BCUT2D eigenvalue weighted by molar-refractivity contribution is 9.10. The predicted octanol–water partition coefficient (Wildman–Crippen LogP) is 5.61. The quantitative estimate of drug-likeness (QED) is 0.286. The van der Waals surface area contributed by atoms with E-state index in [1.54, 1.807) is 21.8 Å². The third kappa shape index (κ3) is 4.42. The van der Waals surface area contributed by atoms with Crippen LogP contribution in [0.5, 0.6) is 5.75 Å². The van der Waals surface area contributed by atoms with Gasteiger partial charge in [0.2, 0.25) is 5.43 Å². The van der Waals surface area contributed by atoms with E-state index in [0.29, 0.717) is 12.2 Å². The van der Waals surface area contributed by atoms with Crippen LogP contribution < -0.4 is 15.2 Å². The van der Waals surface area contributed by atoms with Gasteiger partial charge in [-0.05, 0) is 44.8 Å². The normalized spacial score (nSPS) is 19.4. The second kappa shape index (κ2) is 10.9. The third-order valence-corrected chi connectivity index (χ3v) is 9.51. The highest BCUT2D eigenvalue weighted by atomic mass is 79.9. The molecule has 0 N–H and O–H groups in total. The molecule has 1 unspecified atom stereocenters. The SMILES string of the molecule is O=C1c2c(OCc3ccccc3)c(=O)c(Br)cn2N(C2c3ccccc3SCc3c2ccc(F)c3F)[C@@H]2COCCN12. The Balaban J connectivity index is 1.48. The minimum absolute atomic E-state index is 0.0656. The highest BCUT2D eigenvalue weighted by Gasteiger charge is 2.46. The number of nitrogens with zero attached hydrogens (tertiary/aromatic N) is 3. The second-order valence-corrected chi connectivity index (χ2v) is 12.1. The van der Waals surface area contributed by atoms with Crippen molar-refractivity contribution in [2.75, 3.05) is 24.8 Å². The highest BCUT2D eigenvalue weighted by Crippen LogP contribution is 2.45. The van der Waals surface area contributed by atoms with Gasteiger partial charge in [-0.2, -0.15) is 0 Å². The molecule has 3 aliphatic heterocycles. The van der Waals surface area contributed by atoms with E-state index in [1.165, 1.54) is 11.8 Å². The van der Waals surface area contributed by atoms with Gasteiger partial charge < -0.3 is 14.4 Å². The van der Waals surface area contributed by atoms with E-state index in [9.17, 15) is 14.0 Å². The Morgan fingerprint density at radius 1 is 1.00 bits per heavy atom. The van der Waals surface area contributed by atoms with Gasteiger partial charge >= 0.3 is 0 Å². The van der Waals surface area contributed by atoms with Gasteiger partial charge in [0, 0.05) is 29.0 Å². The van der Waals surface area contributed by atoms with Crippen molar-refractivity contribution in [3.05, 3.63) is 127 Å². The Labute approximate surface area is 252 Å². The topological polar surface area (TPSA) is 64.0 Å². The van der Waals surface area contributed by atoms with Gasteiger partial charge in [0.05, 0.1) is 23.7 Å². The number of carbonyl (C=O) groups is 1. The van der Waals surface area contributed by atoms with E-state index in [2.05, 4.69) is 15.9 Å². The third-order valence-electron chi connectivity index (χ3n) is 7.83. The molecule has 0 aliphatic carbocycles. The number of amides is 1. The summed E-state index contributed by atoms with van der Waals surface area (Å²) in [5, 5.41) is 1.93. The maximum Gasteiger partial charge on any atom is 0.278 e. The lowest BCUT2D eigenvalue weighted by atomic mass is 9.93. The Morgan fingerprint density at radius 2 is 1.79 bits per heavy atom. The van der Waals surface area contributed by atoms with Crippen LogP contribution in [0.25, 0.3) is 0 Å². The molecule has 1 saturated heterocycles. The van der Waals surface area contributed by atoms with Crippen LogP contribution in [0.4, 0.5) is 8.78 Å². The number of rotatable bonds is 4. The van der Waals surface area contributed by atoms with E-state index < -0.39 is 29.3 Å². The summed E-state index contributed by atoms with van der Waals surface area (Å²) < 4.78 is 43.7. The van der Waals surface area contributed by atoms with Crippen molar-refractivity contribution in [2.24, 2.45) is 0 Å². The average Bonchev–Trinajstić information content (AvgIpc) is 3.18. The minimum Gasteiger partial charge on any atom is -0.482 e. The first kappa shape index (κ1) is 27.2. The summed E-state index contributed by atoms with van der Waals surface area (Å²) in [6.45, 7) is 0.871. The molecule has 1 amide bonds. The molecule has 11 heteroatoms. The number of thioether (sulfide) groups is 1. The summed E-state index contributed by atoms with van der Waals surface area (Å²) in [5.41, 5.74) is 2.13. The van der Waals surface area contributed by atoms with Crippen LogP contribution in [0.1, 0.15) is 38.8 Å². The molecule has 4 aromatic rings. The van der Waals surface area contributed by atoms with Gasteiger partial charge in [-0.25, -0.2) is 8.78 Å². The maximum atomic E-state index is 15.4. The molecule has 1 aromatic heterocycles. The largest absolute Gasteiger partial charge is 0.482 e. The fourth-order valence-corrected chi connectivity index (χ4v) is 7.35. The van der Waals surface area contributed by atoms with Crippen molar-refractivity contribution in [1.29, 1.82) is 0 Å². The Kier molecular flexibility index (Phi) is 7.03. The maximum absolute atomic E-state index is 15.4. The van der Waals surface area contributed by atoms with Crippen molar-refractivity contribution in [1.82, 2.24) is 9.58 Å². The van der Waals surface area contributed by atoms with Gasteiger partial charge in [-0.1, -0.05) is 54.6 Å². The van der Waals surface area contributed by atoms with Crippen LogP contribution in [-0.2, 0) is 17.1 Å². The van der Waals surface area contributed by atoms with E-state index in [0.717, 1.165) is 22.1 Å². The number of hydrogen-bond acceptors (Lipinski definition) is 6. The zero-order valence-corrected chi connectivity index (χ0v) is 24.5. The average molecular weight is 653 g/mol. The molecule has 3 aliphatic rings. The molecular weight excluding hydrogens is 628 g/mol. The summed E-state index contributed by atoms with van der Waals surface area (Å²) in [6.07, 6.45) is 0.953. The monoisotopic (exact) mass is 651 g/mol. The molecule has 0 spiro atoms. The van der Waals surface area contributed by atoms with Crippen molar-refractivity contribution in [3.8, 4) is 5.75 Å². The van der Waals surface area contributed by atoms with Crippen molar-refractivity contribution in [2.45, 2.75) is 29.5 Å². The van der Waals surface area contributed by atoms with Crippen LogP contribution >= 0.6 is 27.7 Å². The number of carbonyl (C=O) groups excluding carboxylic acids is 1. The predicted molar refractivity (Wildman–Crippen MR) is 157 cm³/mol. The number of fused-ring (bicyclic) bond motifs is 4. The standard InChI is InChI=1S/C31H24BrF2N3O4S/c32-22-14-36-28(30(29(22)38)41-15-18-6-2-1-3-7-18)31(39)35-12-13-40-16-25(35)37(36)27-19-10-11-23(33)26(34)21(19)17-42-24-9-5-4-8-20(24)27/h1-11,14,25,27H,12-13,15-17H2/t25-,27?/m1/s1. The van der Waals surface area contributed by atoms with E-state index in [1.807, 2.05) is 59.6 Å². The Bertz CT molecular complexity index is 1770. The first-order valence-corrected chi connectivity index (χ1v) is 15.2. The second-order valence-electron chi connectivity index (χ2n) is 10.2. The molecule has 42 heavy (non-hydrogen) atoms. The number of aromatic nitrogens is 1. The van der Waals surface area contributed by atoms with Crippen LogP contribution in [-0.4, -0.2) is 41.4 Å². The van der Waals surface area contributed by atoms with E-state index in [4.69, 9.17) is 9.47 Å². The zero-order chi connectivity index (χ0) is 29.0. The first-order chi connectivity index (χ1) is 20.4. The molecule has 1 fully saturated rings. The molecule has 7 nitrogen and oxygen atoms in total. The molecule has 214 valence electrons. The van der Waals surface area contributed by atoms with Crippen LogP contribution in [0, 0.1) is 11.6 Å². The molecular formula is C31H24BrF2N3O4S. The lowest BCUT2D eigenvalue weighted by Crippen LogP contribution is -2.66. The van der Waals surface area contributed by atoms with Crippen LogP contribution in [0.15, 0.2) is 87.1 Å². The molecule has 7 rings (SSSR count). The molecule has 0 saturated carbocycles. The van der Waals surface area contributed by atoms with Crippen molar-refractivity contribution in [3.63, 3.8) is 0 Å². The molecule has 0 radical (unpaired) electrons. The smallest absolute Gasteiger partial charge is 0.278 e. The van der Waals surface area contributed by atoms with Gasteiger partial charge in [0.25, 0.3) is 5.91 Å². The van der Waals surface area contributed by atoms with Crippen LogP contribution in [0.3, 0.4) is 0 Å². The summed E-state index contributed by atoms with van der Waals surface area (Å²) in [7, 11) is 0. The summed E-state index contributed by atoms with van der Waals surface area (Å²) >= 11 is 4.83. The summed E-state index contributed by atoms with van der Waals surface area (Å²) in [5.74, 6) is -2.03. The number of pyridine rings is 1. The van der Waals surface area contributed by atoms with Gasteiger partial charge in [-0.3, -0.25) is 19.3 Å². The van der Waals surface area contributed by atoms with E-state index >= 15 is 4.39 Å². The Morgan fingerprint density at radius 3 is 2.62 bits per heavy atom. The van der Waals surface area contributed by atoms with E-state index in [-0.39, 0.29) is 52.9 Å². The lowest BCUT2D eigenvalue weighted by Gasteiger charge is -2.51. The minimum atomic E-state index is -0.918. The number of ether oxygens (including phenoxy) is 2. The lowest BCUT2D eigenvalue weighted by molar-refractivity contribution is -0.0199. The number of hydrogen-bond donors (Lipinski definition) is 0. The first-order valence-electron chi connectivity index (χ1n) is 13.4. The Hall–Kier alpha value is -3.67. The molecule has 0 bridgehead atoms. The number of benzene rings is 3. The van der Waals surface area contributed by atoms with Crippen molar-refractivity contribution < 1.29 is 23.0 Å². The summed E-state index contributed by atoms with van der Waals surface area (Å²) in [6, 6.07) is 19.2. The number of morpholine rings is 1. The molecule has 2 atom stereocenters. The fourth-order valence-electron chi connectivity index (χ4n) is 5.87. The van der Waals surface area contributed by atoms with Gasteiger partial charge in [-0.15, -0.1) is 11.8 Å². The van der Waals surface area contributed by atoms with Gasteiger partial charge in [0.1, 0.15) is 12.8 Å². The summed E-state index contributed by atoms with van der Waals surface area (Å²) in [4.78, 5) is 30.2. The zero-order valence-electron chi connectivity index (χ0n) is 22.1. The van der Waals surface area contributed by atoms with Crippen LogP contribution in [0.2, 0.25) is 0 Å².